The number of aromatic amines is 1. The largest absolute Gasteiger partial charge is 0.394 e. The smallest absolute Gasteiger partial charge is 0.271 e. The molecule has 0 fully saturated rings. The second kappa shape index (κ2) is 3.49. The molecule has 0 aliphatic carbocycles. The van der Waals surface area contributed by atoms with Crippen LogP contribution in [0.25, 0.3) is 0 Å². The van der Waals surface area contributed by atoms with Crippen LogP contribution in [0.2, 0.25) is 5.02 Å². The van der Waals surface area contributed by atoms with E-state index in [1.807, 2.05) is 0 Å². The molecule has 0 aromatic carbocycles. The Morgan fingerprint density at radius 1 is 1.60 bits per heavy atom. The Kier molecular flexibility index (Phi) is 3.25. The van der Waals surface area contributed by atoms with Crippen molar-refractivity contribution in [3.8, 4) is 0 Å². The number of hydrogen-bond acceptors (Lipinski definition) is 2. The Labute approximate surface area is 68.6 Å². The van der Waals surface area contributed by atoms with Crippen molar-refractivity contribution in [3.05, 3.63) is 27.6 Å². The Bertz CT molecular complexity index is 271. The predicted molar refractivity (Wildman–Crippen MR) is 43.7 cm³/mol. The van der Waals surface area contributed by atoms with Gasteiger partial charge in [-0.1, -0.05) is 11.6 Å². The second-order valence-corrected chi connectivity index (χ2v) is 2.04. The molecule has 0 spiro atoms. The number of pyridine rings is 1. The van der Waals surface area contributed by atoms with Crippen LogP contribution in [-0.4, -0.2) is 4.98 Å². The normalized spacial score (nSPS) is 8.50. The minimum absolute atomic E-state index is 0. The molecule has 1 aromatic rings. The number of aromatic nitrogens is 1. The van der Waals surface area contributed by atoms with Crippen LogP contribution in [0.3, 0.4) is 0 Å². The van der Waals surface area contributed by atoms with Crippen molar-refractivity contribution in [1.29, 1.82) is 0 Å². The summed E-state index contributed by atoms with van der Waals surface area (Å²) in [6.07, 6.45) is 1.39. The van der Waals surface area contributed by atoms with Gasteiger partial charge in [0.2, 0.25) is 0 Å². The SMILES string of the molecule is Cl.Nc1cc(Cl)c[nH]c1=O. The Balaban J connectivity index is 0.000000810. The molecule has 0 radical (unpaired) electrons. The maximum Gasteiger partial charge on any atom is 0.271 e. The molecule has 0 amide bonds. The third kappa shape index (κ3) is 1.93. The molecule has 0 atom stereocenters. The number of H-pyrrole nitrogens is 1. The molecular weight excluding hydrogens is 175 g/mol. The van der Waals surface area contributed by atoms with Gasteiger partial charge in [0.05, 0.1) is 10.7 Å². The zero-order valence-corrected chi connectivity index (χ0v) is 6.50. The summed E-state index contributed by atoms with van der Waals surface area (Å²) >= 11 is 5.47. The summed E-state index contributed by atoms with van der Waals surface area (Å²) in [5, 5.41) is 0.437. The molecule has 0 aliphatic heterocycles. The van der Waals surface area contributed by atoms with E-state index in [4.69, 9.17) is 17.3 Å². The van der Waals surface area contributed by atoms with Gasteiger partial charge in [-0.3, -0.25) is 4.79 Å². The highest BCUT2D eigenvalue weighted by Gasteiger charge is 1.91. The maximum atomic E-state index is 10.5. The monoisotopic (exact) mass is 180 g/mol. The second-order valence-electron chi connectivity index (χ2n) is 1.60. The van der Waals surface area contributed by atoms with E-state index < -0.39 is 0 Å². The fourth-order valence-corrected chi connectivity index (χ4v) is 0.646. The number of nitrogen functional groups attached to an aromatic ring is 1. The average Bonchev–Trinajstić information content (AvgIpc) is 1.80. The number of rotatable bonds is 0. The van der Waals surface area contributed by atoms with Crippen LogP contribution >= 0.6 is 24.0 Å². The predicted octanol–water partition coefficient (Wildman–Crippen LogP) is 1.03. The summed E-state index contributed by atoms with van der Waals surface area (Å²) in [7, 11) is 0. The van der Waals surface area contributed by atoms with Crippen LogP contribution in [0, 0.1) is 0 Å². The molecule has 5 heteroatoms. The van der Waals surface area contributed by atoms with Crippen LogP contribution in [-0.2, 0) is 0 Å². The highest BCUT2D eigenvalue weighted by atomic mass is 35.5. The summed E-state index contributed by atoms with van der Waals surface area (Å²) in [5.74, 6) is 0. The van der Waals surface area contributed by atoms with Gasteiger partial charge in [0, 0.05) is 6.20 Å². The summed E-state index contributed by atoms with van der Waals surface area (Å²) in [4.78, 5) is 12.9. The van der Waals surface area contributed by atoms with Gasteiger partial charge < -0.3 is 10.7 Å². The minimum Gasteiger partial charge on any atom is -0.394 e. The van der Waals surface area contributed by atoms with Gasteiger partial charge in [-0.25, -0.2) is 0 Å². The van der Waals surface area contributed by atoms with Crippen LogP contribution in [0.5, 0.6) is 0 Å². The molecule has 0 bridgehead atoms. The van der Waals surface area contributed by atoms with Gasteiger partial charge in [0.1, 0.15) is 0 Å². The van der Waals surface area contributed by atoms with E-state index >= 15 is 0 Å². The van der Waals surface area contributed by atoms with Crippen LogP contribution in [0.1, 0.15) is 0 Å². The van der Waals surface area contributed by atoms with Gasteiger partial charge in [0.25, 0.3) is 5.56 Å². The highest BCUT2D eigenvalue weighted by molar-refractivity contribution is 6.30. The molecule has 3 N–H and O–H groups in total. The zero-order chi connectivity index (χ0) is 6.85. The summed E-state index contributed by atoms with van der Waals surface area (Å²) in [5.41, 5.74) is 5.03. The van der Waals surface area contributed by atoms with E-state index in [9.17, 15) is 4.79 Å². The highest BCUT2D eigenvalue weighted by Crippen LogP contribution is 2.04. The zero-order valence-electron chi connectivity index (χ0n) is 4.93. The average molecular weight is 181 g/mol. The van der Waals surface area contributed by atoms with E-state index in [0.29, 0.717) is 5.02 Å². The van der Waals surface area contributed by atoms with Gasteiger partial charge in [-0.05, 0) is 6.07 Å². The number of nitrogens with one attached hydrogen (secondary N) is 1. The standard InChI is InChI=1S/C5H5ClN2O.ClH/c6-3-1-4(7)5(9)8-2-3;/h1-2H,7H2,(H,8,9);1H. The minimum atomic E-state index is -0.306. The quantitative estimate of drug-likeness (QED) is 0.627. The lowest BCUT2D eigenvalue weighted by atomic mass is 10.4. The lowest BCUT2D eigenvalue weighted by molar-refractivity contribution is 1.24. The molecule has 0 saturated heterocycles. The fourth-order valence-electron chi connectivity index (χ4n) is 0.474. The molecule has 0 saturated carbocycles. The van der Waals surface area contributed by atoms with Crippen molar-refractivity contribution in [2.75, 3.05) is 5.73 Å². The van der Waals surface area contributed by atoms with Crippen molar-refractivity contribution < 1.29 is 0 Å². The molecule has 0 unspecified atom stereocenters. The molecule has 1 rings (SSSR count). The third-order valence-corrected chi connectivity index (χ3v) is 1.11. The van der Waals surface area contributed by atoms with E-state index in [1.54, 1.807) is 0 Å². The van der Waals surface area contributed by atoms with Crippen LogP contribution < -0.4 is 11.3 Å². The van der Waals surface area contributed by atoms with E-state index in [2.05, 4.69) is 4.98 Å². The molecule has 1 heterocycles. The van der Waals surface area contributed by atoms with Crippen molar-refractivity contribution in [3.63, 3.8) is 0 Å². The van der Waals surface area contributed by atoms with E-state index in [0.717, 1.165) is 0 Å². The molecule has 1 aromatic heterocycles. The molecule has 3 nitrogen and oxygen atoms in total. The third-order valence-electron chi connectivity index (χ3n) is 0.897. The number of anilines is 1. The van der Waals surface area contributed by atoms with E-state index in [-0.39, 0.29) is 23.7 Å². The summed E-state index contributed by atoms with van der Waals surface area (Å²) < 4.78 is 0. The summed E-state index contributed by atoms with van der Waals surface area (Å²) in [6.45, 7) is 0. The van der Waals surface area contributed by atoms with Gasteiger partial charge >= 0.3 is 0 Å². The van der Waals surface area contributed by atoms with E-state index in [1.165, 1.54) is 12.3 Å². The van der Waals surface area contributed by atoms with Gasteiger partial charge in [-0.2, -0.15) is 0 Å². The molecular formula is C5H6Cl2N2O. The molecule has 10 heavy (non-hydrogen) atoms. The fraction of sp³-hybridized carbons (Fsp3) is 0. The topological polar surface area (TPSA) is 58.9 Å². The Morgan fingerprint density at radius 3 is 2.60 bits per heavy atom. The molecule has 0 aliphatic rings. The van der Waals surface area contributed by atoms with Crippen molar-refractivity contribution in [2.24, 2.45) is 0 Å². The maximum absolute atomic E-state index is 10.5. The summed E-state index contributed by atoms with van der Waals surface area (Å²) in [6, 6.07) is 1.40. The van der Waals surface area contributed by atoms with Crippen molar-refractivity contribution in [2.45, 2.75) is 0 Å². The van der Waals surface area contributed by atoms with Crippen LogP contribution in [0.15, 0.2) is 17.1 Å². The van der Waals surface area contributed by atoms with Crippen molar-refractivity contribution >= 4 is 29.7 Å². The van der Waals surface area contributed by atoms with Crippen molar-refractivity contribution in [1.82, 2.24) is 4.98 Å². The van der Waals surface area contributed by atoms with Gasteiger partial charge in [0.15, 0.2) is 0 Å². The first kappa shape index (κ1) is 9.33. The Hall–Kier alpha value is -0.670. The first-order chi connectivity index (χ1) is 4.20. The lowest BCUT2D eigenvalue weighted by Crippen LogP contribution is -2.09. The van der Waals surface area contributed by atoms with Crippen LogP contribution in [0.4, 0.5) is 5.69 Å². The molecule has 56 valence electrons. The number of hydrogen-bond donors (Lipinski definition) is 2. The van der Waals surface area contributed by atoms with Gasteiger partial charge in [-0.15, -0.1) is 12.4 Å². The Morgan fingerprint density at radius 2 is 2.20 bits per heavy atom. The first-order valence-electron chi connectivity index (χ1n) is 2.34. The first-order valence-corrected chi connectivity index (χ1v) is 2.71. The number of halogens is 2. The lowest BCUT2D eigenvalue weighted by Gasteiger charge is -1.89. The number of nitrogens with two attached hydrogens (primary N) is 1.